The van der Waals surface area contributed by atoms with Crippen molar-refractivity contribution in [3.63, 3.8) is 0 Å². The highest BCUT2D eigenvalue weighted by Gasteiger charge is 2.44. The number of ether oxygens (including phenoxy) is 2. The number of nitrogens with zero attached hydrogens (tertiary/aromatic N) is 4. The van der Waals surface area contributed by atoms with E-state index in [9.17, 15) is 0 Å². The maximum absolute atomic E-state index is 5.54. The summed E-state index contributed by atoms with van der Waals surface area (Å²) in [5.74, 6) is 2.09. The minimum Gasteiger partial charge on any atom is -0.375 e. The van der Waals surface area contributed by atoms with E-state index in [1.165, 1.54) is 84.0 Å². The average Bonchev–Trinajstić information content (AvgIpc) is 3.75. The van der Waals surface area contributed by atoms with Crippen molar-refractivity contribution in [1.82, 2.24) is 19.6 Å². The minimum atomic E-state index is 0.337. The van der Waals surface area contributed by atoms with Gasteiger partial charge in [-0.2, -0.15) is 0 Å². The Balaban J connectivity index is 0.000000137. The predicted molar refractivity (Wildman–Crippen MR) is 191 cm³/mol. The summed E-state index contributed by atoms with van der Waals surface area (Å²) in [7, 11) is 0. The summed E-state index contributed by atoms with van der Waals surface area (Å²) >= 11 is 0. The quantitative estimate of drug-likeness (QED) is 0.272. The van der Waals surface area contributed by atoms with E-state index in [1.54, 1.807) is 0 Å². The van der Waals surface area contributed by atoms with E-state index in [4.69, 9.17) is 9.47 Å². The van der Waals surface area contributed by atoms with Crippen LogP contribution in [0.2, 0.25) is 0 Å². The largest absolute Gasteiger partial charge is 0.375 e. The Labute approximate surface area is 280 Å². The van der Waals surface area contributed by atoms with Crippen LogP contribution in [0.3, 0.4) is 0 Å². The van der Waals surface area contributed by atoms with Crippen LogP contribution < -0.4 is 0 Å². The molecule has 7 aliphatic rings. The number of hydrogen-bond donors (Lipinski definition) is 0. The molecule has 6 nitrogen and oxygen atoms in total. The van der Waals surface area contributed by atoms with Crippen LogP contribution in [0.25, 0.3) is 0 Å². The minimum absolute atomic E-state index is 0.337. The zero-order valence-electron chi connectivity index (χ0n) is 32.1. The fourth-order valence-corrected chi connectivity index (χ4v) is 8.97. The number of rotatable bonds is 0. The molecule has 7 fully saturated rings. The molecule has 6 saturated heterocycles. The molecule has 0 amide bonds. The summed E-state index contributed by atoms with van der Waals surface area (Å²) in [5.41, 5.74) is 1.47. The van der Waals surface area contributed by atoms with Crippen LogP contribution in [0.15, 0.2) is 0 Å². The van der Waals surface area contributed by atoms with Crippen molar-refractivity contribution in [3.05, 3.63) is 0 Å². The number of likely N-dealkylation sites (tertiary alicyclic amines) is 4. The molecule has 0 aromatic carbocycles. The number of hydrogen-bond acceptors (Lipinski definition) is 6. The number of morpholine rings is 2. The summed E-state index contributed by atoms with van der Waals surface area (Å²) in [6.45, 7) is 37.3. The Morgan fingerprint density at radius 3 is 1.11 bits per heavy atom. The molecule has 4 bridgehead atoms. The Bertz CT molecular complexity index is 839. The van der Waals surface area contributed by atoms with Gasteiger partial charge in [0.2, 0.25) is 0 Å². The van der Waals surface area contributed by atoms with Gasteiger partial charge >= 0.3 is 0 Å². The Kier molecular flexibility index (Phi) is 12.6. The summed E-state index contributed by atoms with van der Waals surface area (Å²) in [5, 5.41) is 0. The second kappa shape index (κ2) is 15.1. The molecule has 0 aromatic heterocycles. The molecule has 6 aliphatic heterocycles. The lowest BCUT2D eigenvalue weighted by atomic mass is 10.0. The number of fused-ring (bicyclic) bond motifs is 5. The smallest absolute Gasteiger partial charge is 0.0718 e. The molecule has 45 heavy (non-hydrogen) atoms. The molecule has 0 aromatic rings. The second-order valence-electron chi connectivity index (χ2n) is 19.4. The van der Waals surface area contributed by atoms with Crippen LogP contribution in [-0.2, 0) is 9.47 Å². The van der Waals surface area contributed by atoms with Gasteiger partial charge in [0.1, 0.15) is 0 Å². The third kappa shape index (κ3) is 10.6. The van der Waals surface area contributed by atoms with Gasteiger partial charge in [0.25, 0.3) is 0 Å². The van der Waals surface area contributed by atoms with Crippen LogP contribution in [0.5, 0.6) is 0 Å². The van der Waals surface area contributed by atoms with Crippen molar-refractivity contribution in [1.29, 1.82) is 0 Å². The highest BCUT2D eigenvalue weighted by atomic mass is 16.5. The molecular formula is C39H76N4O2. The molecule has 6 atom stereocenters. The molecule has 0 N–H and O–H groups in total. The van der Waals surface area contributed by atoms with E-state index in [0.29, 0.717) is 46.4 Å². The zero-order valence-corrected chi connectivity index (χ0v) is 32.1. The van der Waals surface area contributed by atoms with Crippen LogP contribution in [-0.4, -0.2) is 119 Å². The molecule has 0 radical (unpaired) electrons. The lowest BCUT2D eigenvalue weighted by Crippen LogP contribution is -2.48. The standard InChI is InChI=1S/C11H21N.C10H21N.2C9H17NO/c1-11(2,3)12-7-9-5-4-6-10(9)8-12;1-10(2,3)11-8-6-4-5-7-9-11;2*1-9(2,3)10-5-8-4-7(10)6-11-8/h9-10H,4-8H2,1-3H3;4-9H2,1-3H3;2*7-8H,4-6H2,1-3H3. The van der Waals surface area contributed by atoms with E-state index in [-0.39, 0.29) is 0 Å². The first-order valence-corrected chi connectivity index (χ1v) is 19.1. The second-order valence-corrected chi connectivity index (χ2v) is 19.4. The van der Waals surface area contributed by atoms with Crippen LogP contribution >= 0.6 is 0 Å². The molecule has 1 aliphatic carbocycles. The van der Waals surface area contributed by atoms with Gasteiger partial charge < -0.3 is 9.47 Å². The first kappa shape index (κ1) is 37.6. The van der Waals surface area contributed by atoms with Gasteiger partial charge in [-0.15, -0.1) is 0 Å². The Hall–Kier alpha value is -0.240. The Morgan fingerprint density at radius 1 is 0.444 bits per heavy atom. The first-order chi connectivity index (χ1) is 20.8. The molecule has 6 heteroatoms. The average molecular weight is 633 g/mol. The van der Waals surface area contributed by atoms with Crippen molar-refractivity contribution in [2.24, 2.45) is 11.8 Å². The van der Waals surface area contributed by atoms with Gasteiger partial charge in [-0.3, -0.25) is 19.6 Å². The molecule has 6 unspecified atom stereocenters. The van der Waals surface area contributed by atoms with Crippen molar-refractivity contribution in [2.45, 2.75) is 187 Å². The van der Waals surface area contributed by atoms with E-state index < -0.39 is 0 Å². The molecule has 0 spiro atoms. The van der Waals surface area contributed by atoms with Gasteiger partial charge in [-0.05, 0) is 147 Å². The molecule has 264 valence electrons. The van der Waals surface area contributed by atoms with Crippen molar-refractivity contribution < 1.29 is 9.47 Å². The third-order valence-corrected chi connectivity index (χ3v) is 11.8. The van der Waals surface area contributed by atoms with Gasteiger partial charge in [-0.25, -0.2) is 0 Å². The van der Waals surface area contributed by atoms with E-state index in [1.807, 2.05) is 0 Å². The first-order valence-electron chi connectivity index (χ1n) is 19.1. The SMILES string of the molecule is CC(C)(C)N1CC2CC1CO2.CC(C)(C)N1CC2CC1CO2.CC(C)(C)N1CC2CCCC2C1.CC(C)(C)N1CCCCCC1. The van der Waals surface area contributed by atoms with Gasteiger partial charge in [-0.1, -0.05) is 19.3 Å². The van der Waals surface area contributed by atoms with Gasteiger partial charge in [0, 0.05) is 60.4 Å². The highest BCUT2D eigenvalue weighted by Crippen LogP contribution is 2.40. The predicted octanol–water partition coefficient (Wildman–Crippen LogP) is 7.69. The van der Waals surface area contributed by atoms with E-state index in [0.717, 1.165) is 38.1 Å². The van der Waals surface area contributed by atoms with Crippen molar-refractivity contribution in [3.8, 4) is 0 Å². The highest BCUT2D eigenvalue weighted by molar-refractivity contribution is 4.98. The lowest BCUT2D eigenvalue weighted by molar-refractivity contribution is -0.00804. The molecule has 6 heterocycles. The maximum atomic E-state index is 5.54. The molecular weight excluding hydrogens is 556 g/mol. The van der Waals surface area contributed by atoms with Crippen LogP contribution in [0.4, 0.5) is 0 Å². The van der Waals surface area contributed by atoms with Gasteiger partial charge in [0.15, 0.2) is 0 Å². The monoisotopic (exact) mass is 633 g/mol. The zero-order chi connectivity index (χ0) is 33.2. The van der Waals surface area contributed by atoms with Crippen LogP contribution in [0.1, 0.15) is 141 Å². The molecule has 1 saturated carbocycles. The van der Waals surface area contributed by atoms with E-state index in [2.05, 4.69) is 103 Å². The molecule has 7 rings (SSSR count). The van der Waals surface area contributed by atoms with Crippen molar-refractivity contribution in [2.75, 3.05) is 52.5 Å². The van der Waals surface area contributed by atoms with Crippen molar-refractivity contribution >= 4 is 0 Å². The lowest BCUT2D eigenvalue weighted by Gasteiger charge is -2.38. The van der Waals surface area contributed by atoms with Gasteiger partial charge in [0.05, 0.1) is 25.4 Å². The summed E-state index contributed by atoms with van der Waals surface area (Å²) in [6, 6.07) is 1.42. The van der Waals surface area contributed by atoms with E-state index >= 15 is 0 Å². The fraction of sp³-hybridized carbons (Fsp3) is 1.00. The summed E-state index contributed by atoms with van der Waals surface area (Å²) < 4.78 is 11.1. The fourth-order valence-electron chi connectivity index (χ4n) is 8.97. The third-order valence-electron chi connectivity index (χ3n) is 11.8. The Morgan fingerprint density at radius 2 is 0.844 bits per heavy atom. The summed E-state index contributed by atoms with van der Waals surface area (Å²) in [6.07, 6.45) is 13.8. The topological polar surface area (TPSA) is 31.4 Å². The normalized spacial score (nSPS) is 34.4. The summed E-state index contributed by atoms with van der Waals surface area (Å²) in [4.78, 5) is 10.4. The maximum Gasteiger partial charge on any atom is 0.0718 e. The van der Waals surface area contributed by atoms with Crippen LogP contribution in [0, 0.1) is 11.8 Å².